The normalized spacial score (nSPS) is 24.7. The van der Waals surface area contributed by atoms with Crippen molar-refractivity contribution >= 4 is 17.8 Å². The first-order valence-corrected chi connectivity index (χ1v) is 6.67. The fourth-order valence-electron chi connectivity index (χ4n) is 2.52. The van der Waals surface area contributed by atoms with Crippen molar-refractivity contribution in [2.75, 3.05) is 6.54 Å². The molecule has 19 heavy (non-hydrogen) atoms. The Kier molecular flexibility index (Phi) is 5.32. The molecule has 3 atom stereocenters. The third kappa shape index (κ3) is 3.94. The molecule has 0 aromatic rings. The Morgan fingerprint density at radius 1 is 1.42 bits per heavy atom. The smallest absolute Gasteiger partial charge is 0.326 e. The van der Waals surface area contributed by atoms with Crippen molar-refractivity contribution in [3.8, 4) is 0 Å². The van der Waals surface area contributed by atoms with Crippen LogP contribution in [0.1, 0.15) is 40.0 Å². The minimum absolute atomic E-state index is 0.295. The summed E-state index contributed by atoms with van der Waals surface area (Å²) in [7, 11) is 0. The van der Waals surface area contributed by atoms with Gasteiger partial charge in [0.2, 0.25) is 11.8 Å². The Bertz CT molecular complexity index is 370. The SMILES string of the molecule is CCC1CCN(C(=O)C(C)NC(C)=O)C(C(=O)O)C1. The summed E-state index contributed by atoms with van der Waals surface area (Å²) in [5, 5.41) is 11.8. The van der Waals surface area contributed by atoms with Crippen LogP contribution in [0.15, 0.2) is 0 Å². The van der Waals surface area contributed by atoms with Crippen molar-refractivity contribution in [2.24, 2.45) is 5.92 Å². The zero-order chi connectivity index (χ0) is 14.6. The van der Waals surface area contributed by atoms with E-state index in [2.05, 4.69) is 5.32 Å². The van der Waals surface area contributed by atoms with Gasteiger partial charge in [0, 0.05) is 13.5 Å². The zero-order valence-corrected chi connectivity index (χ0v) is 11.7. The Balaban J connectivity index is 2.76. The van der Waals surface area contributed by atoms with E-state index in [9.17, 15) is 19.5 Å². The highest BCUT2D eigenvalue weighted by molar-refractivity contribution is 5.89. The summed E-state index contributed by atoms with van der Waals surface area (Å²) in [6.45, 7) is 5.38. The van der Waals surface area contributed by atoms with Crippen molar-refractivity contribution < 1.29 is 19.5 Å². The highest BCUT2D eigenvalue weighted by Gasteiger charge is 2.37. The molecule has 0 aromatic carbocycles. The summed E-state index contributed by atoms with van der Waals surface area (Å²) in [5.74, 6) is -1.24. The van der Waals surface area contributed by atoms with Crippen LogP contribution in [0.25, 0.3) is 0 Å². The van der Waals surface area contributed by atoms with Crippen molar-refractivity contribution in [1.82, 2.24) is 10.2 Å². The van der Waals surface area contributed by atoms with Crippen LogP contribution in [0, 0.1) is 5.92 Å². The number of piperidine rings is 1. The van der Waals surface area contributed by atoms with E-state index in [1.165, 1.54) is 11.8 Å². The monoisotopic (exact) mass is 270 g/mol. The predicted molar refractivity (Wildman–Crippen MR) is 69.4 cm³/mol. The molecule has 1 saturated heterocycles. The molecule has 0 saturated carbocycles. The Hall–Kier alpha value is -1.59. The van der Waals surface area contributed by atoms with E-state index < -0.39 is 18.1 Å². The topological polar surface area (TPSA) is 86.7 Å². The van der Waals surface area contributed by atoms with Crippen LogP contribution >= 0.6 is 0 Å². The first-order valence-electron chi connectivity index (χ1n) is 6.67. The number of carbonyl (C=O) groups excluding carboxylic acids is 2. The number of nitrogens with zero attached hydrogens (tertiary/aromatic N) is 1. The molecule has 0 aromatic heterocycles. The second-order valence-electron chi connectivity index (χ2n) is 5.11. The first kappa shape index (κ1) is 15.5. The highest BCUT2D eigenvalue weighted by Crippen LogP contribution is 2.26. The van der Waals surface area contributed by atoms with E-state index >= 15 is 0 Å². The van der Waals surface area contributed by atoms with Crippen molar-refractivity contribution in [2.45, 2.75) is 52.1 Å². The fraction of sp³-hybridized carbons (Fsp3) is 0.769. The number of carboxylic acid groups (broad SMARTS) is 1. The standard InChI is InChI=1S/C13H22N2O4/c1-4-10-5-6-15(11(7-10)13(18)19)12(17)8(2)14-9(3)16/h8,10-11H,4-7H2,1-3H3,(H,14,16)(H,18,19). The number of aliphatic carboxylic acids is 1. The lowest BCUT2D eigenvalue weighted by Gasteiger charge is -2.38. The maximum absolute atomic E-state index is 12.2. The van der Waals surface area contributed by atoms with Gasteiger partial charge in [-0.25, -0.2) is 4.79 Å². The summed E-state index contributed by atoms with van der Waals surface area (Å²) in [6, 6.07) is -1.46. The van der Waals surface area contributed by atoms with E-state index in [-0.39, 0.29) is 11.8 Å². The molecule has 0 radical (unpaired) electrons. The Morgan fingerprint density at radius 3 is 2.53 bits per heavy atom. The van der Waals surface area contributed by atoms with E-state index in [1.54, 1.807) is 6.92 Å². The van der Waals surface area contributed by atoms with Gasteiger partial charge in [-0.3, -0.25) is 9.59 Å². The van der Waals surface area contributed by atoms with Crippen LogP contribution < -0.4 is 5.32 Å². The van der Waals surface area contributed by atoms with Crippen LogP contribution in [-0.2, 0) is 14.4 Å². The third-order valence-corrected chi connectivity index (χ3v) is 3.65. The molecule has 6 heteroatoms. The van der Waals surface area contributed by atoms with Crippen molar-refractivity contribution in [1.29, 1.82) is 0 Å². The summed E-state index contributed by atoms with van der Waals surface area (Å²) in [5.41, 5.74) is 0. The van der Waals surface area contributed by atoms with Gasteiger partial charge in [-0.1, -0.05) is 13.3 Å². The summed E-state index contributed by atoms with van der Waals surface area (Å²) in [4.78, 5) is 35.8. The minimum Gasteiger partial charge on any atom is -0.480 e. The summed E-state index contributed by atoms with van der Waals surface area (Å²) < 4.78 is 0. The largest absolute Gasteiger partial charge is 0.480 e. The van der Waals surface area contributed by atoms with E-state index in [1.807, 2.05) is 6.92 Å². The summed E-state index contributed by atoms with van der Waals surface area (Å²) in [6.07, 6.45) is 2.23. The number of hydrogen-bond acceptors (Lipinski definition) is 3. The molecule has 1 aliphatic rings. The van der Waals surface area contributed by atoms with Gasteiger partial charge in [0.05, 0.1) is 0 Å². The lowest BCUT2D eigenvalue weighted by Crippen LogP contribution is -2.55. The van der Waals surface area contributed by atoms with Gasteiger partial charge in [0.15, 0.2) is 0 Å². The molecule has 0 bridgehead atoms. The fourth-order valence-corrected chi connectivity index (χ4v) is 2.52. The number of likely N-dealkylation sites (tertiary alicyclic amines) is 1. The Labute approximate surface area is 113 Å². The average Bonchev–Trinajstić information content (AvgIpc) is 2.36. The molecule has 1 heterocycles. The molecule has 3 unspecified atom stereocenters. The van der Waals surface area contributed by atoms with Crippen LogP contribution in [0.2, 0.25) is 0 Å². The molecular weight excluding hydrogens is 248 g/mol. The maximum atomic E-state index is 12.2. The number of rotatable bonds is 4. The molecule has 108 valence electrons. The number of carboxylic acids is 1. The number of carbonyl (C=O) groups is 3. The predicted octanol–water partition coefficient (Wildman–Crippen LogP) is 0.613. The summed E-state index contributed by atoms with van der Waals surface area (Å²) >= 11 is 0. The highest BCUT2D eigenvalue weighted by atomic mass is 16.4. The quantitative estimate of drug-likeness (QED) is 0.783. The maximum Gasteiger partial charge on any atom is 0.326 e. The van der Waals surface area contributed by atoms with Gasteiger partial charge in [0.1, 0.15) is 12.1 Å². The van der Waals surface area contributed by atoms with Crippen LogP contribution in [0.5, 0.6) is 0 Å². The van der Waals surface area contributed by atoms with E-state index in [0.29, 0.717) is 18.9 Å². The molecule has 1 fully saturated rings. The first-order chi connectivity index (χ1) is 8.86. The van der Waals surface area contributed by atoms with Crippen LogP contribution in [0.4, 0.5) is 0 Å². The number of nitrogens with one attached hydrogen (secondary N) is 1. The molecule has 2 amide bonds. The molecule has 1 rings (SSSR count). The van der Waals surface area contributed by atoms with E-state index in [4.69, 9.17) is 0 Å². The van der Waals surface area contributed by atoms with Gasteiger partial charge < -0.3 is 15.3 Å². The van der Waals surface area contributed by atoms with Gasteiger partial charge in [-0.2, -0.15) is 0 Å². The van der Waals surface area contributed by atoms with Crippen LogP contribution in [0.3, 0.4) is 0 Å². The van der Waals surface area contributed by atoms with E-state index in [0.717, 1.165) is 12.8 Å². The third-order valence-electron chi connectivity index (χ3n) is 3.65. The number of amides is 2. The minimum atomic E-state index is -0.971. The Morgan fingerprint density at radius 2 is 2.05 bits per heavy atom. The van der Waals surface area contributed by atoms with Crippen molar-refractivity contribution in [3.63, 3.8) is 0 Å². The molecular formula is C13H22N2O4. The second-order valence-corrected chi connectivity index (χ2v) is 5.11. The molecule has 0 aliphatic carbocycles. The van der Waals surface area contributed by atoms with Gasteiger partial charge in [0.25, 0.3) is 0 Å². The van der Waals surface area contributed by atoms with Gasteiger partial charge >= 0.3 is 5.97 Å². The molecule has 1 aliphatic heterocycles. The molecule has 6 nitrogen and oxygen atoms in total. The van der Waals surface area contributed by atoms with Gasteiger partial charge in [-0.05, 0) is 25.7 Å². The van der Waals surface area contributed by atoms with Crippen molar-refractivity contribution in [3.05, 3.63) is 0 Å². The zero-order valence-electron chi connectivity index (χ0n) is 11.7. The second kappa shape index (κ2) is 6.54. The van der Waals surface area contributed by atoms with Gasteiger partial charge in [-0.15, -0.1) is 0 Å². The lowest BCUT2D eigenvalue weighted by atomic mass is 9.88. The van der Waals surface area contributed by atoms with Crippen LogP contribution in [-0.4, -0.2) is 46.4 Å². The molecule has 0 spiro atoms. The average molecular weight is 270 g/mol. The lowest BCUT2D eigenvalue weighted by molar-refractivity contribution is -0.154. The molecule has 2 N–H and O–H groups in total. The number of hydrogen-bond donors (Lipinski definition) is 2.